The summed E-state index contributed by atoms with van der Waals surface area (Å²) < 4.78 is 19.6. The summed E-state index contributed by atoms with van der Waals surface area (Å²) in [6, 6.07) is 62.1. The molecule has 0 saturated carbocycles. The van der Waals surface area contributed by atoms with Crippen LogP contribution >= 0.6 is 0 Å². The molecular weight excluding hydrogens is 651 g/mol. The molecule has 0 atom stereocenters. The summed E-state index contributed by atoms with van der Waals surface area (Å²) in [5.41, 5.74) is 13.2. The van der Waals surface area contributed by atoms with Gasteiger partial charge in [0, 0.05) is 55.8 Å². The monoisotopic (exact) mass is 679 g/mol. The molecule has 4 nitrogen and oxygen atoms in total. The Hall–Kier alpha value is -7.04. The number of nitrogens with zero attached hydrogens (tertiary/aromatic N) is 1. The second kappa shape index (κ2) is 10.5. The van der Waals surface area contributed by atoms with E-state index in [9.17, 15) is 0 Å². The van der Waals surface area contributed by atoms with Crippen LogP contribution in [0.3, 0.4) is 0 Å². The van der Waals surface area contributed by atoms with Crippen molar-refractivity contribution in [3.05, 3.63) is 198 Å². The van der Waals surface area contributed by atoms with E-state index in [4.69, 9.17) is 13.6 Å². The first-order valence-corrected chi connectivity index (χ1v) is 18.0. The molecule has 248 valence electrons. The average molecular weight is 680 g/mol. The summed E-state index contributed by atoms with van der Waals surface area (Å²) in [5.74, 6) is 1.77. The third-order valence-corrected chi connectivity index (χ3v) is 11.3. The van der Waals surface area contributed by atoms with Crippen LogP contribution in [-0.4, -0.2) is 0 Å². The lowest BCUT2D eigenvalue weighted by atomic mass is 9.66. The molecule has 2 aromatic heterocycles. The topological polar surface area (TPSA) is 38.8 Å². The average Bonchev–Trinajstić information content (AvgIpc) is 3.87. The van der Waals surface area contributed by atoms with E-state index in [0.29, 0.717) is 0 Å². The molecule has 2 aliphatic rings. The fourth-order valence-electron chi connectivity index (χ4n) is 9.21. The van der Waals surface area contributed by atoms with Crippen LogP contribution in [0.25, 0.3) is 55.0 Å². The van der Waals surface area contributed by atoms with Crippen LogP contribution in [0.4, 0.5) is 17.1 Å². The smallest absolute Gasteiger partial charge is 0.137 e. The van der Waals surface area contributed by atoms with Gasteiger partial charge in [-0.15, -0.1) is 0 Å². The second-order valence-electron chi connectivity index (χ2n) is 14.0. The summed E-state index contributed by atoms with van der Waals surface area (Å²) in [4.78, 5) is 2.30. The van der Waals surface area contributed by atoms with Gasteiger partial charge in [0.05, 0.1) is 5.41 Å². The van der Waals surface area contributed by atoms with Crippen LogP contribution in [-0.2, 0) is 5.41 Å². The quantitative estimate of drug-likeness (QED) is 0.186. The van der Waals surface area contributed by atoms with Gasteiger partial charge < -0.3 is 18.5 Å². The van der Waals surface area contributed by atoms with E-state index in [0.717, 1.165) is 83.6 Å². The zero-order chi connectivity index (χ0) is 34.7. The molecule has 1 aliphatic carbocycles. The maximum atomic E-state index is 6.69. The van der Waals surface area contributed by atoms with Gasteiger partial charge >= 0.3 is 0 Å². The van der Waals surface area contributed by atoms with E-state index in [1.807, 2.05) is 12.1 Å². The number of hydrogen-bond donors (Lipinski definition) is 0. The highest BCUT2D eigenvalue weighted by molar-refractivity contribution is 6.16. The molecule has 12 rings (SSSR count). The van der Waals surface area contributed by atoms with E-state index < -0.39 is 5.41 Å². The van der Waals surface area contributed by atoms with Crippen molar-refractivity contribution in [3.8, 4) is 22.6 Å². The maximum absolute atomic E-state index is 6.69. The highest BCUT2D eigenvalue weighted by Crippen LogP contribution is 2.63. The van der Waals surface area contributed by atoms with E-state index >= 15 is 0 Å². The number of para-hydroxylation sites is 4. The van der Waals surface area contributed by atoms with E-state index in [2.05, 4.69) is 169 Å². The lowest BCUT2D eigenvalue weighted by Crippen LogP contribution is -2.32. The fraction of sp³-hybridized carbons (Fsp3) is 0.0204. The van der Waals surface area contributed by atoms with Gasteiger partial charge in [-0.3, -0.25) is 0 Å². The highest BCUT2D eigenvalue weighted by atomic mass is 16.5. The first-order chi connectivity index (χ1) is 26.3. The third-order valence-electron chi connectivity index (χ3n) is 11.3. The Morgan fingerprint density at radius 1 is 0.377 bits per heavy atom. The molecule has 3 heterocycles. The van der Waals surface area contributed by atoms with Crippen molar-refractivity contribution in [3.63, 3.8) is 0 Å². The molecule has 0 N–H and O–H groups in total. The Labute approximate surface area is 304 Å². The van der Waals surface area contributed by atoms with Crippen LogP contribution < -0.4 is 9.64 Å². The van der Waals surface area contributed by atoms with Gasteiger partial charge in [0.25, 0.3) is 0 Å². The molecule has 8 aromatic carbocycles. The summed E-state index contributed by atoms with van der Waals surface area (Å²) >= 11 is 0. The van der Waals surface area contributed by atoms with Gasteiger partial charge in [0.15, 0.2) is 0 Å². The van der Waals surface area contributed by atoms with Crippen molar-refractivity contribution < 1.29 is 13.6 Å². The summed E-state index contributed by atoms with van der Waals surface area (Å²) in [7, 11) is 0. The number of ether oxygens (including phenoxy) is 1. The molecule has 0 bridgehead atoms. The van der Waals surface area contributed by atoms with Crippen LogP contribution in [0.2, 0.25) is 0 Å². The SMILES string of the molecule is c1ccc(N(c2ccc3c(c2)oc2ccccc23)c2ccc3oc4ccc5c(c4c3c2)-c2ccccc2C52c3ccccc3Oc3ccccc32)cc1. The number of anilines is 3. The summed E-state index contributed by atoms with van der Waals surface area (Å²) in [6.07, 6.45) is 0. The zero-order valence-electron chi connectivity index (χ0n) is 28.4. The minimum absolute atomic E-state index is 0.551. The standard InChI is InChI=1S/C49H29NO3/c1-2-12-30(13-3-1)50(32-22-24-34-33-14-5-9-19-41(33)52-46(34)29-32)31-23-26-42-36(28-31)48-45(51-42)27-25-40-47(48)35-15-4-6-16-37(35)49(40)38-17-7-10-20-43(38)53-44-21-11-8-18-39(44)49/h1-29H. The Morgan fingerprint density at radius 3 is 1.81 bits per heavy atom. The predicted molar refractivity (Wildman–Crippen MR) is 213 cm³/mol. The van der Waals surface area contributed by atoms with Crippen molar-refractivity contribution in [1.82, 2.24) is 0 Å². The minimum atomic E-state index is -0.551. The molecule has 1 spiro atoms. The van der Waals surface area contributed by atoms with Crippen molar-refractivity contribution in [1.29, 1.82) is 0 Å². The van der Waals surface area contributed by atoms with Crippen molar-refractivity contribution in [2.24, 2.45) is 0 Å². The summed E-state index contributed by atoms with van der Waals surface area (Å²) in [5, 5.41) is 4.41. The molecule has 0 amide bonds. The van der Waals surface area contributed by atoms with Crippen LogP contribution in [0.5, 0.6) is 11.5 Å². The lowest BCUT2D eigenvalue weighted by Gasteiger charge is -2.39. The van der Waals surface area contributed by atoms with E-state index in [1.54, 1.807) is 0 Å². The van der Waals surface area contributed by atoms with Gasteiger partial charge in [0.1, 0.15) is 33.8 Å². The minimum Gasteiger partial charge on any atom is -0.457 e. The molecule has 53 heavy (non-hydrogen) atoms. The van der Waals surface area contributed by atoms with Crippen LogP contribution in [0.15, 0.2) is 185 Å². The molecular formula is C49H29NO3. The molecule has 4 heteroatoms. The summed E-state index contributed by atoms with van der Waals surface area (Å²) in [6.45, 7) is 0. The Morgan fingerprint density at radius 2 is 0.981 bits per heavy atom. The maximum Gasteiger partial charge on any atom is 0.137 e. The molecule has 1 aliphatic heterocycles. The van der Waals surface area contributed by atoms with Crippen molar-refractivity contribution in [2.75, 3.05) is 4.90 Å². The third kappa shape index (κ3) is 3.79. The number of furan rings is 2. The van der Waals surface area contributed by atoms with Crippen LogP contribution in [0.1, 0.15) is 22.3 Å². The second-order valence-corrected chi connectivity index (χ2v) is 14.0. The lowest BCUT2D eigenvalue weighted by molar-refractivity contribution is 0.436. The Bertz CT molecular complexity index is 3070. The number of benzene rings is 8. The first kappa shape index (κ1) is 28.6. The van der Waals surface area contributed by atoms with Gasteiger partial charge in [0.2, 0.25) is 0 Å². The first-order valence-electron chi connectivity index (χ1n) is 18.0. The van der Waals surface area contributed by atoms with E-state index in [1.165, 1.54) is 22.3 Å². The number of rotatable bonds is 3. The van der Waals surface area contributed by atoms with Gasteiger partial charge in [-0.25, -0.2) is 0 Å². The number of hydrogen-bond acceptors (Lipinski definition) is 4. The molecule has 0 radical (unpaired) electrons. The Balaban J connectivity index is 1.13. The fourth-order valence-corrected chi connectivity index (χ4v) is 9.21. The van der Waals surface area contributed by atoms with Crippen molar-refractivity contribution in [2.45, 2.75) is 5.41 Å². The van der Waals surface area contributed by atoms with Gasteiger partial charge in [-0.1, -0.05) is 103 Å². The predicted octanol–water partition coefficient (Wildman–Crippen LogP) is 13.4. The normalized spacial score (nSPS) is 13.6. The molecule has 0 fully saturated rings. The van der Waals surface area contributed by atoms with Crippen LogP contribution in [0, 0.1) is 0 Å². The van der Waals surface area contributed by atoms with E-state index in [-0.39, 0.29) is 0 Å². The molecule has 0 saturated heterocycles. The highest BCUT2D eigenvalue weighted by Gasteiger charge is 2.51. The number of fused-ring (bicyclic) bond motifs is 16. The van der Waals surface area contributed by atoms with Gasteiger partial charge in [-0.05, 0) is 89.0 Å². The van der Waals surface area contributed by atoms with Gasteiger partial charge in [-0.2, -0.15) is 0 Å². The largest absolute Gasteiger partial charge is 0.457 e. The Kier molecular flexibility index (Phi) is 5.67. The molecule has 0 unspecified atom stereocenters. The zero-order valence-corrected chi connectivity index (χ0v) is 28.4. The van der Waals surface area contributed by atoms with Crippen molar-refractivity contribution >= 4 is 60.9 Å². The molecule has 10 aromatic rings.